The Balaban J connectivity index is 1.65. The van der Waals surface area contributed by atoms with Crippen molar-refractivity contribution in [1.82, 2.24) is 10.3 Å². The molecule has 0 spiro atoms. The molecule has 3 aromatic carbocycles. The monoisotopic (exact) mass is 478 g/mol. The molecule has 1 amide bonds. The summed E-state index contributed by atoms with van der Waals surface area (Å²) in [5.74, 6) is -0.114. The van der Waals surface area contributed by atoms with Crippen molar-refractivity contribution in [2.75, 3.05) is 6.54 Å². The van der Waals surface area contributed by atoms with Crippen molar-refractivity contribution in [2.24, 2.45) is 0 Å². The van der Waals surface area contributed by atoms with Crippen LogP contribution < -0.4 is 5.32 Å². The van der Waals surface area contributed by atoms with Gasteiger partial charge in [0.2, 0.25) is 0 Å². The van der Waals surface area contributed by atoms with Crippen molar-refractivity contribution in [3.05, 3.63) is 99.0 Å². The fourth-order valence-corrected chi connectivity index (χ4v) is 4.02. The zero-order valence-electron chi connectivity index (χ0n) is 16.5. The van der Waals surface area contributed by atoms with Crippen LogP contribution in [0.3, 0.4) is 0 Å². The second-order valence-corrected chi connectivity index (χ2v) is 8.57. The summed E-state index contributed by atoms with van der Waals surface area (Å²) >= 11 is 9.56. The van der Waals surface area contributed by atoms with Gasteiger partial charge in [-0.05, 0) is 61.4 Å². The predicted molar refractivity (Wildman–Crippen MR) is 127 cm³/mol. The minimum Gasteiger partial charge on any atom is -0.352 e. The first-order valence-corrected chi connectivity index (χ1v) is 10.9. The van der Waals surface area contributed by atoms with Gasteiger partial charge in [-0.3, -0.25) is 4.79 Å². The molecule has 0 atom stereocenters. The van der Waals surface area contributed by atoms with Gasteiger partial charge in [-0.1, -0.05) is 63.4 Å². The molecule has 1 N–H and O–H groups in total. The Morgan fingerprint density at radius 3 is 2.67 bits per heavy atom. The smallest absolute Gasteiger partial charge is 0.252 e. The van der Waals surface area contributed by atoms with E-state index in [2.05, 4.69) is 27.3 Å². The fraction of sp³-hybridized carbons (Fsp3) is 0.120. The molecule has 3 nitrogen and oxygen atoms in total. The van der Waals surface area contributed by atoms with Gasteiger partial charge in [0.05, 0.1) is 16.8 Å². The van der Waals surface area contributed by atoms with E-state index in [0.29, 0.717) is 23.6 Å². The van der Waals surface area contributed by atoms with Crippen molar-refractivity contribution < 1.29 is 4.79 Å². The van der Waals surface area contributed by atoms with E-state index in [-0.39, 0.29) is 5.91 Å². The lowest BCUT2D eigenvalue weighted by molar-refractivity contribution is 0.0956. The van der Waals surface area contributed by atoms with Crippen LogP contribution in [0.15, 0.2) is 77.3 Å². The molecule has 0 radical (unpaired) electrons. The van der Waals surface area contributed by atoms with Crippen molar-refractivity contribution >= 4 is 44.3 Å². The van der Waals surface area contributed by atoms with E-state index in [0.717, 1.165) is 37.8 Å². The molecular weight excluding hydrogens is 460 g/mol. The minimum atomic E-state index is -0.114. The molecule has 5 heteroatoms. The van der Waals surface area contributed by atoms with Gasteiger partial charge in [0.25, 0.3) is 5.91 Å². The molecule has 1 aromatic heterocycles. The van der Waals surface area contributed by atoms with Crippen LogP contribution in [0.4, 0.5) is 0 Å². The Bertz CT molecular complexity index is 1240. The van der Waals surface area contributed by atoms with Crippen LogP contribution in [-0.4, -0.2) is 17.4 Å². The summed E-state index contributed by atoms with van der Waals surface area (Å²) in [4.78, 5) is 17.9. The van der Waals surface area contributed by atoms with Crippen molar-refractivity contribution in [3.63, 3.8) is 0 Å². The van der Waals surface area contributed by atoms with E-state index >= 15 is 0 Å². The number of benzene rings is 3. The van der Waals surface area contributed by atoms with E-state index in [1.54, 1.807) is 0 Å². The Morgan fingerprint density at radius 1 is 1.03 bits per heavy atom. The van der Waals surface area contributed by atoms with E-state index in [9.17, 15) is 4.79 Å². The zero-order chi connectivity index (χ0) is 21.1. The van der Waals surface area contributed by atoms with E-state index in [1.807, 2.05) is 73.7 Å². The lowest BCUT2D eigenvalue weighted by Crippen LogP contribution is -2.26. The third kappa shape index (κ3) is 4.72. The van der Waals surface area contributed by atoms with Gasteiger partial charge >= 0.3 is 0 Å². The molecule has 0 aliphatic heterocycles. The number of aryl methyl sites for hydroxylation is 1. The molecule has 0 unspecified atom stereocenters. The highest BCUT2D eigenvalue weighted by molar-refractivity contribution is 9.10. The number of pyridine rings is 1. The summed E-state index contributed by atoms with van der Waals surface area (Å²) in [6, 6.07) is 23.5. The number of nitrogens with one attached hydrogen (secondary N) is 1. The number of aromatic nitrogens is 1. The average Bonchev–Trinajstić information content (AvgIpc) is 2.73. The van der Waals surface area contributed by atoms with E-state index < -0.39 is 0 Å². The largest absolute Gasteiger partial charge is 0.352 e. The highest BCUT2D eigenvalue weighted by Crippen LogP contribution is 2.27. The molecular formula is C25H20BrClN2O. The molecule has 0 saturated heterocycles. The lowest BCUT2D eigenvalue weighted by atomic mass is 10.0. The standard InChI is InChI=1S/C25H20BrClN2O/c1-16-4-2-6-18(12-16)24-15-22(21-14-19(26)8-9-23(21)29-24)25(30)28-11-10-17-5-3-7-20(27)13-17/h2-9,12-15H,10-11H2,1H3,(H,28,30). The maximum absolute atomic E-state index is 13.1. The SMILES string of the molecule is Cc1cccc(-c2cc(C(=O)NCCc3cccc(Cl)c3)c3cc(Br)ccc3n2)c1. The third-order valence-electron chi connectivity index (χ3n) is 4.92. The summed E-state index contributed by atoms with van der Waals surface area (Å²) in [5.41, 5.74) is 5.42. The normalized spacial score (nSPS) is 10.9. The van der Waals surface area contributed by atoms with Crippen LogP contribution in [0.5, 0.6) is 0 Å². The van der Waals surface area contributed by atoms with Crippen molar-refractivity contribution in [2.45, 2.75) is 13.3 Å². The number of rotatable bonds is 5. The molecule has 0 aliphatic rings. The van der Waals surface area contributed by atoms with Crippen LogP contribution >= 0.6 is 27.5 Å². The van der Waals surface area contributed by atoms with Gasteiger partial charge in [-0.25, -0.2) is 4.98 Å². The Labute approximate surface area is 189 Å². The highest BCUT2D eigenvalue weighted by atomic mass is 79.9. The Kier molecular flexibility index (Phi) is 6.16. The molecule has 150 valence electrons. The molecule has 0 aliphatic carbocycles. The van der Waals surface area contributed by atoms with Gasteiger partial charge in [0.1, 0.15) is 0 Å². The Hall–Kier alpha value is -2.69. The zero-order valence-corrected chi connectivity index (χ0v) is 18.8. The van der Waals surface area contributed by atoms with Gasteiger partial charge in [-0.2, -0.15) is 0 Å². The van der Waals surface area contributed by atoms with Gasteiger partial charge in [0, 0.05) is 27.0 Å². The summed E-state index contributed by atoms with van der Waals surface area (Å²) < 4.78 is 0.910. The molecule has 0 saturated carbocycles. The van der Waals surface area contributed by atoms with Crippen LogP contribution in [0.2, 0.25) is 5.02 Å². The fourth-order valence-electron chi connectivity index (χ4n) is 3.45. The second kappa shape index (κ2) is 8.99. The van der Waals surface area contributed by atoms with Gasteiger partial charge in [-0.15, -0.1) is 0 Å². The predicted octanol–water partition coefficient (Wildman–Crippen LogP) is 6.60. The first kappa shape index (κ1) is 20.6. The number of hydrogen-bond acceptors (Lipinski definition) is 2. The molecule has 4 aromatic rings. The highest BCUT2D eigenvalue weighted by Gasteiger charge is 2.14. The summed E-state index contributed by atoms with van der Waals surface area (Å²) in [7, 11) is 0. The molecule has 1 heterocycles. The Morgan fingerprint density at radius 2 is 1.87 bits per heavy atom. The molecule has 4 rings (SSSR count). The summed E-state index contributed by atoms with van der Waals surface area (Å²) in [6.07, 6.45) is 0.712. The third-order valence-corrected chi connectivity index (χ3v) is 5.65. The van der Waals surface area contributed by atoms with Gasteiger partial charge in [0.15, 0.2) is 0 Å². The second-order valence-electron chi connectivity index (χ2n) is 7.22. The number of carbonyl (C=O) groups is 1. The van der Waals surface area contributed by atoms with Crippen molar-refractivity contribution in [1.29, 1.82) is 0 Å². The topological polar surface area (TPSA) is 42.0 Å². The maximum atomic E-state index is 13.1. The lowest BCUT2D eigenvalue weighted by Gasteiger charge is -2.12. The van der Waals surface area contributed by atoms with Crippen molar-refractivity contribution in [3.8, 4) is 11.3 Å². The molecule has 30 heavy (non-hydrogen) atoms. The maximum Gasteiger partial charge on any atom is 0.252 e. The summed E-state index contributed by atoms with van der Waals surface area (Å²) in [5, 5.41) is 4.56. The molecule has 0 bridgehead atoms. The first-order chi connectivity index (χ1) is 14.5. The van der Waals surface area contributed by atoms with Crippen LogP contribution in [0, 0.1) is 6.92 Å². The summed E-state index contributed by atoms with van der Waals surface area (Å²) in [6.45, 7) is 2.57. The number of amides is 1. The molecule has 0 fully saturated rings. The van der Waals surface area contributed by atoms with E-state index in [4.69, 9.17) is 16.6 Å². The van der Waals surface area contributed by atoms with Crippen LogP contribution in [0.1, 0.15) is 21.5 Å². The number of halogens is 2. The number of nitrogens with zero attached hydrogens (tertiary/aromatic N) is 1. The van der Waals surface area contributed by atoms with Crippen LogP contribution in [-0.2, 0) is 6.42 Å². The minimum absolute atomic E-state index is 0.114. The first-order valence-electron chi connectivity index (χ1n) is 9.69. The quantitative estimate of drug-likeness (QED) is 0.350. The van der Waals surface area contributed by atoms with E-state index in [1.165, 1.54) is 0 Å². The average molecular weight is 480 g/mol. The van der Waals surface area contributed by atoms with Gasteiger partial charge < -0.3 is 5.32 Å². The number of carbonyl (C=O) groups excluding carboxylic acids is 1. The number of fused-ring (bicyclic) bond motifs is 1. The number of hydrogen-bond donors (Lipinski definition) is 1. The van der Waals surface area contributed by atoms with Crippen LogP contribution in [0.25, 0.3) is 22.2 Å².